The van der Waals surface area contributed by atoms with Gasteiger partial charge in [-0.2, -0.15) is 13.2 Å². The Kier molecular flexibility index (Phi) is 7.07. The summed E-state index contributed by atoms with van der Waals surface area (Å²) in [6, 6.07) is 7.47. The van der Waals surface area contributed by atoms with Crippen LogP contribution in [0.5, 0.6) is 11.5 Å². The highest BCUT2D eigenvalue weighted by molar-refractivity contribution is 6.03. The van der Waals surface area contributed by atoms with Crippen molar-refractivity contribution in [3.63, 3.8) is 0 Å². The van der Waals surface area contributed by atoms with Crippen molar-refractivity contribution in [2.75, 3.05) is 6.54 Å². The number of pyridine rings is 1. The molecular formula is C28H27F4N3O4. The Hall–Kier alpha value is -4.12. The van der Waals surface area contributed by atoms with Crippen LogP contribution in [0, 0.1) is 19.7 Å². The fourth-order valence-corrected chi connectivity index (χ4v) is 4.39. The summed E-state index contributed by atoms with van der Waals surface area (Å²) in [6.07, 6.45) is -3.58. The van der Waals surface area contributed by atoms with Crippen LogP contribution in [0.25, 0.3) is 22.0 Å². The molecule has 4 rings (SSSR count). The maximum atomic E-state index is 13.9. The van der Waals surface area contributed by atoms with Crippen molar-refractivity contribution >= 4 is 16.8 Å². The molecule has 11 heteroatoms. The van der Waals surface area contributed by atoms with Crippen molar-refractivity contribution in [1.29, 1.82) is 0 Å². The number of carbonyl (C=O) groups is 1. The lowest BCUT2D eigenvalue weighted by Gasteiger charge is -2.28. The minimum Gasteiger partial charge on any atom is -0.456 e. The van der Waals surface area contributed by atoms with Crippen molar-refractivity contribution in [2.24, 2.45) is 7.05 Å². The van der Waals surface area contributed by atoms with Crippen LogP contribution in [0.4, 0.5) is 17.6 Å². The molecule has 1 unspecified atom stereocenters. The van der Waals surface area contributed by atoms with Gasteiger partial charge < -0.3 is 24.7 Å². The molecule has 0 saturated carbocycles. The van der Waals surface area contributed by atoms with Gasteiger partial charge in [0.2, 0.25) is 0 Å². The fraction of sp³-hybridized carbons (Fsp3) is 0.286. The van der Waals surface area contributed by atoms with Crippen LogP contribution in [0.1, 0.15) is 41.0 Å². The molecule has 0 spiro atoms. The van der Waals surface area contributed by atoms with E-state index in [9.17, 15) is 32.3 Å². The molecule has 0 saturated heterocycles. The number of carbonyl (C=O) groups excluding carboxylic acids is 1. The molecule has 0 fully saturated rings. The van der Waals surface area contributed by atoms with Crippen molar-refractivity contribution < 1.29 is 32.2 Å². The highest BCUT2D eigenvalue weighted by Gasteiger charge is 2.51. The first-order valence-corrected chi connectivity index (χ1v) is 12.0. The summed E-state index contributed by atoms with van der Waals surface area (Å²) in [6.45, 7) is 5.96. The van der Waals surface area contributed by atoms with E-state index in [1.54, 1.807) is 20.8 Å². The molecule has 1 amide bonds. The van der Waals surface area contributed by atoms with Gasteiger partial charge in [0.15, 0.2) is 5.60 Å². The van der Waals surface area contributed by atoms with Crippen molar-refractivity contribution in [3.05, 3.63) is 81.2 Å². The number of benzene rings is 2. The summed E-state index contributed by atoms with van der Waals surface area (Å²) >= 11 is 0. The van der Waals surface area contributed by atoms with Gasteiger partial charge in [0, 0.05) is 36.3 Å². The molecule has 0 aliphatic rings. The molecule has 1 atom stereocenters. The number of hydrogen-bond acceptors (Lipinski definition) is 4. The Morgan fingerprint density at radius 3 is 2.33 bits per heavy atom. The largest absolute Gasteiger partial charge is 0.456 e. The maximum Gasteiger partial charge on any atom is 0.421 e. The van der Waals surface area contributed by atoms with Gasteiger partial charge in [-0.1, -0.05) is 6.07 Å². The first kappa shape index (κ1) is 27.9. The van der Waals surface area contributed by atoms with Crippen LogP contribution < -0.4 is 15.6 Å². The average molecular weight is 546 g/mol. The molecule has 2 aromatic carbocycles. The van der Waals surface area contributed by atoms with Crippen molar-refractivity contribution in [3.8, 4) is 22.6 Å². The topological polar surface area (TPSA) is 96.3 Å². The average Bonchev–Trinajstić information content (AvgIpc) is 3.29. The number of aryl methyl sites for hydroxylation is 3. The number of H-pyrrole nitrogens is 1. The van der Waals surface area contributed by atoms with E-state index in [4.69, 9.17) is 4.74 Å². The third-order valence-corrected chi connectivity index (χ3v) is 6.57. The molecule has 4 aromatic rings. The molecule has 39 heavy (non-hydrogen) atoms. The van der Waals surface area contributed by atoms with Crippen LogP contribution in [0.2, 0.25) is 0 Å². The van der Waals surface area contributed by atoms with Crippen LogP contribution in [-0.4, -0.2) is 33.3 Å². The summed E-state index contributed by atoms with van der Waals surface area (Å²) < 4.78 is 62.6. The van der Waals surface area contributed by atoms with E-state index in [1.165, 1.54) is 42.1 Å². The van der Waals surface area contributed by atoms with Crippen LogP contribution >= 0.6 is 0 Å². The first-order valence-electron chi connectivity index (χ1n) is 12.0. The van der Waals surface area contributed by atoms with Gasteiger partial charge in [-0.05, 0) is 74.7 Å². The molecule has 2 aromatic heterocycles. The zero-order valence-corrected chi connectivity index (χ0v) is 21.9. The van der Waals surface area contributed by atoms with Gasteiger partial charge in [-0.25, -0.2) is 4.39 Å². The second kappa shape index (κ2) is 9.88. The van der Waals surface area contributed by atoms with E-state index in [1.807, 2.05) is 0 Å². The molecule has 0 aliphatic heterocycles. The number of halogens is 4. The van der Waals surface area contributed by atoms with Crippen LogP contribution in [-0.2, 0) is 12.6 Å². The van der Waals surface area contributed by atoms with Crippen molar-refractivity contribution in [2.45, 2.75) is 39.5 Å². The second-order valence-electron chi connectivity index (χ2n) is 9.54. The van der Waals surface area contributed by atoms with Gasteiger partial charge in [-0.3, -0.25) is 9.59 Å². The summed E-state index contributed by atoms with van der Waals surface area (Å²) in [7, 11) is 1.46. The second-order valence-corrected chi connectivity index (χ2v) is 9.54. The Bertz CT molecular complexity index is 1630. The number of amides is 1. The van der Waals surface area contributed by atoms with Crippen LogP contribution in [0.15, 0.2) is 47.4 Å². The number of aliphatic hydroxyl groups is 1. The van der Waals surface area contributed by atoms with E-state index >= 15 is 0 Å². The summed E-state index contributed by atoms with van der Waals surface area (Å²) in [5, 5.41) is 13.3. The quantitative estimate of drug-likeness (QED) is 0.275. The molecule has 0 radical (unpaired) electrons. The lowest BCUT2D eigenvalue weighted by molar-refractivity contribution is -0.258. The third kappa shape index (κ3) is 5.01. The van der Waals surface area contributed by atoms with Gasteiger partial charge in [0.1, 0.15) is 28.5 Å². The molecule has 3 N–H and O–H groups in total. The Balaban J connectivity index is 2.03. The van der Waals surface area contributed by atoms with Gasteiger partial charge >= 0.3 is 6.18 Å². The number of nitrogens with zero attached hydrogens (tertiary/aromatic N) is 1. The van der Waals surface area contributed by atoms with Gasteiger partial charge in [0.25, 0.3) is 11.5 Å². The zero-order chi connectivity index (χ0) is 28.9. The predicted octanol–water partition coefficient (Wildman–Crippen LogP) is 5.60. The summed E-state index contributed by atoms with van der Waals surface area (Å²) in [4.78, 5) is 28.2. The van der Waals surface area contributed by atoms with Gasteiger partial charge in [-0.15, -0.1) is 0 Å². The van der Waals surface area contributed by atoms with E-state index in [-0.39, 0.29) is 33.5 Å². The molecule has 0 bridgehead atoms. The standard InChI is InChI=1S/C28H27F4N3O4/c1-6-33-25(36)21-12-19-20(13-35(5)26(37)23(19)34-21)18-11-16(27(4,38)28(30,31)32)7-8-22(18)39-24-14(2)9-17(29)10-15(24)3/h7-13,34,38H,6H2,1-5H3,(H,33,36). The van der Waals surface area contributed by atoms with Crippen LogP contribution in [0.3, 0.4) is 0 Å². The van der Waals surface area contributed by atoms with Crippen molar-refractivity contribution in [1.82, 2.24) is 14.9 Å². The van der Waals surface area contributed by atoms with E-state index < -0.39 is 34.6 Å². The smallest absolute Gasteiger partial charge is 0.421 e. The molecular weight excluding hydrogens is 518 g/mol. The molecule has 0 aliphatic carbocycles. The normalized spacial score (nSPS) is 13.4. The number of fused-ring (bicyclic) bond motifs is 1. The molecule has 206 valence electrons. The highest BCUT2D eigenvalue weighted by atomic mass is 19.4. The minimum atomic E-state index is -4.99. The SMILES string of the molecule is CCNC(=O)c1cc2c(-c3cc(C(C)(O)C(F)(F)F)ccc3Oc3c(C)cc(F)cc3C)cn(C)c(=O)c2[nH]1. The summed E-state index contributed by atoms with van der Waals surface area (Å²) in [5.41, 5.74) is -2.69. The Morgan fingerprint density at radius 2 is 1.74 bits per heavy atom. The molecule has 7 nitrogen and oxygen atoms in total. The summed E-state index contributed by atoms with van der Waals surface area (Å²) in [5.74, 6) is -0.551. The number of hydrogen-bond donors (Lipinski definition) is 3. The van der Waals surface area contributed by atoms with E-state index in [2.05, 4.69) is 10.3 Å². The minimum absolute atomic E-state index is 0.0596. The number of rotatable bonds is 6. The predicted molar refractivity (Wildman–Crippen MR) is 139 cm³/mol. The highest BCUT2D eigenvalue weighted by Crippen LogP contribution is 2.44. The fourth-order valence-electron chi connectivity index (χ4n) is 4.39. The maximum absolute atomic E-state index is 13.9. The number of ether oxygens (including phenoxy) is 1. The number of alkyl halides is 3. The Morgan fingerprint density at radius 1 is 1.10 bits per heavy atom. The van der Waals surface area contributed by atoms with E-state index in [0.29, 0.717) is 30.3 Å². The Labute approximate surface area is 221 Å². The molecule has 2 heterocycles. The van der Waals surface area contributed by atoms with Gasteiger partial charge in [0.05, 0.1) is 0 Å². The lowest BCUT2D eigenvalue weighted by Crippen LogP contribution is -2.39. The number of aromatic amines is 1. The third-order valence-electron chi connectivity index (χ3n) is 6.57. The first-order chi connectivity index (χ1) is 18.2. The monoisotopic (exact) mass is 545 g/mol. The number of aromatic nitrogens is 2. The zero-order valence-electron chi connectivity index (χ0n) is 21.9. The number of nitrogens with one attached hydrogen (secondary N) is 2. The van der Waals surface area contributed by atoms with E-state index in [0.717, 1.165) is 12.1 Å². The lowest BCUT2D eigenvalue weighted by atomic mass is 9.91.